The molecule has 3 aliphatic heterocycles. The monoisotopic (exact) mass is 294 g/mol. The quantitative estimate of drug-likeness (QED) is 0.580. The van der Waals surface area contributed by atoms with E-state index in [2.05, 4.69) is 16.0 Å². The van der Waals surface area contributed by atoms with Gasteiger partial charge in [0.05, 0.1) is 12.6 Å². The number of amides is 4. The predicted molar refractivity (Wildman–Crippen MR) is 75.5 cm³/mol. The van der Waals surface area contributed by atoms with E-state index in [9.17, 15) is 14.4 Å². The van der Waals surface area contributed by atoms with Gasteiger partial charge in [-0.2, -0.15) is 0 Å². The van der Waals surface area contributed by atoms with Crippen LogP contribution in [0.25, 0.3) is 0 Å². The molecule has 116 valence electrons. The summed E-state index contributed by atoms with van der Waals surface area (Å²) in [6.07, 6.45) is 5.48. The standard InChI is InChI=1S/C14H22N4O3/c19-11(10-5-2-1-3-7-15-10)18-8-4-6-14(9-18)12(20)16-13(21)17-14/h10,15H,1-9H2,(H2,16,17,20,21). The first kappa shape index (κ1) is 14.3. The lowest BCUT2D eigenvalue weighted by Gasteiger charge is -2.39. The van der Waals surface area contributed by atoms with Crippen LogP contribution in [0.2, 0.25) is 0 Å². The number of likely N-dealkylation sites (tertiary alicyclic amines) is 1. The number of piperidine rings is 1. The Balaban J connectivity index is 1.69. The number of nitrogens with one attached hydrogen (secondary N) is 3. The van der Waals surface area contributed by atoms with Gasteiger partial charge in [0.2, 0.25) is 5.91 Å². The molecule has 0 aliphatic carbocycles. The smallest absolute Gasteiger partial charge is 0.322 e. The number of imide groups is 1. The van der Waals surface area contributed by atoms with Crippen molar-refractivity contribution in [2.45, 2.75) is 50.1 Å². The molecule has 3 aliphatic rings. The highest BCUT2D eigenvalue weighted by atomic mass is 16.2. The first-order chi connectivity index (χ1) is 10.1. The average molecular weight is 294 g/mol. The van der Waals surface area contributed by atoms with Crippen molar-refractivity contribution >= 4 is 17.8 Å². The molecule has 7 nitrogen and oxygen atoms in total. The summed E-state index contributed by atoms with van der Waals surface area (Å²) in [7, 11) is 0. The summed E-state index contributed by atoms with van der Waals surface area (Å²) in [5, 5.41) is 8.29. The van der Waals surface area contributed by atoms with E-state index in [-0.39, 0.29) is 24.4 Å². The van der Waals surface area contributed by atoms with Crippen LogP contribution in [-0.2, 0) is 9.59 Å². The van der Waals surface area contributed by atoms with Crippen LogP contribution in [0.15, 0.2) is 0 Å². The molecule has 0 aromatic heterocycles. The molecule has 0 aromatic rings. The Morgan fingerprint density at radius 1 is 1.19 bits per heavy atom. The molecule has 0 saturated carbocycles. The van der Waals surface area contributed by atoms with Crippen molar-refractivity contribution in [3.05, 3.63) is 0 Å². The van der Waals surface area contributed by atoms with Crippen molar-refractivity contribution in [2.24, 2.45) is 0 Å². The number of rotatable bonds is 1. The van der Waals surface area contributed by atoms with Crippen LogP contribution in [0.5, 0.6) is 0 Å². The van der Waals surface area contributed by atoms with Crippen molar-refractivity contribution in [2.75, 3.05) is 19.6 Å². The molecule has 3 rings (SSSR count). The molecule has 0 radical (unpaired) electrons. The van der Waals surface area contributed by atoms with Crippen LogP contribution in [0.1, 0.15) is 38.5 Å². The van der Waals surface area contributed by atoms with Crippen LogP contribution >= 0.6 is 0 Å². The Morgan fingerprint density at radius 2 is 2.05 bits per heavy atom. The second-order valence-corrected chi connectivity index (χ2v) is 6.21. The fourth-order valence-corrected chi connectivity index (χ4v) is 3.52. The van der Waals surface area contributed by atoms with Crippen molar-refractivity contribution in [1.29, 1.82) is 0 Å². The number of carbonyl (C=O) groups excluding carboxylic acids is 3. The first-order valence-electron chi connectivity index (χ1n) is 7.76. The molecule has 0 bridgehead atoms. The van der Waals surface area contributed by atoms with E-state index in [0.29, 0.717) is 13.0 Å². The summed E-state index contributed by atoms with van der Waals surface area (Å²) in [5.41, 5.74) is -0.921. The van der Waals surface area contributed by atoms with Crippen molar-refractivity contribution in [1.82, 2.24) is 20.9 Å². The maximum atomic E-state index is 12.7. The Hall–Kier alpha value is -1.63. The molecule has 3 fully saturated rings. The maximum Gasteiger partial charge on any atom is 0.322 e. The molecule has 3 saturated heterocycles. The van der Waals surface area contributed by atoms with Crippen LogP contribution in [0.3, 0.4) is 0 Å². The van der Waals surface area contributed by atoms with Gasteiger partial charge in [0.25, 0.3) is 5.91 Å². The summed E-state index contributed by atoms with van der Waals surface area (Å²) in [4.78, 5) is 37.8. The van der Waals surface area contributed by atoms with E-state index in [1.54, 1.807) is 4.90 Å². The normalized spacial score (nSPS) is 33.5. The average Bonchev–Trinajstić information content (AvgIpc) is 2.68. The number of urea groups is 1. The maximum absolute atomic E-state index is 12.7. The van der Waals surface area contributed by atoms with Crippen LogP contribution in [-0.4, -0.2) is 54.0 Å². The van der Waals surface area contributed by atoms with Crippen LogP contribution in [0, 0.1) is 0 Å². The second kappa shape index (κ2) is 5.63. The Labute approximate surface area is 123 Å². The van der Waals surface area contributed by atoms with E-state index < -0.39 is 11.6 Å². The van der Waals surface area contributed by atoms with Gasteiger partial charge in [0.1, 0.15) is 5.54 Å². The Kier molecular flexibility index (Phi) is 3.84. The molecule has 0 aromatic carbocycles. The van der Waals surface area contributed by atoms with Gasteiger partial charge in [-0.25, -0.2) is 4.79 Å². The lowest BCUT2D eigenvalue weighted by atomic mass is 9.88. The molecular weight excluding hydrogens is 272 g/mol. The van der Waals surface area contributed by atoms with Crippen LogP contribution in [0.4, 0.5) is 4.79 Å². The molecule has 21 heavy (non-hydrogen) atoms. The summed E-state index contributed by atoms with van der Waals surface area (Å²) in [6, 6.07) is -0.607. The van der Waals surface area contributed by atoms with E-state index >= 15 is 0 Å². The summed E-state index contributed by atoms with van der Waals surface area (Å²) in [5.74, 6) is -0.247. The van der Waals surface area contributed by atoms with Gasteiger partial charge < -0.3 is 15.5 Å². The number of carbonyl (C=O) groups is 3. The van der Waals surface area contributed by atoms with Crippen molar-refractivity contribution < 1.29 is 14.4 Å². The van der Waals surface area contributed by atoms with E-state index in [1.807, 2.05) is 0 Å². The third-order valence-corrected chi connectivity index (χ3v) is 4.68. The predicted octanol–water partition coefficient (Wildman–Crippen LogP) is -0.281. The molecule has 2 atom stereocenters. The van der Waals surface area contributed by atoms with Gasteiger partial charge in [-0.15, -0.1) is 0 Å². The summed E-state index contributed by atoms with van der Waals surface area (Å²) >= 11 is 0. The highest BCUT2D eigenvalue weighted by Gasteiger charge is 2.49. The number of nitrogens with zero attached hydrogens (tertiary/aromatic N) is 1. The van der Waals surface area contributed by atoms with Gasteiger partial charge in [0, 0.05) is 6.54 Å². The molecule has 2 unspecified atom stereocenters. The fraction of sp³-hybridized carbons (Fsp3) is 0.786. The minimum absolute atomic E-state index is 0.0601. The number of hydrogen-bond donors (Lipinski definition) is 3. The van der Waals surface area contributed by atoms with Gasteiger partial charge >= 0.3 is 6.03 Å². The fourth-order valence-electron chi connectivity index (χ4n) is 3.52. The van der Waals surface area contributed by atoms with Gasteiger partial charge in [-0.1, -0.05) is 12.8 Å². The molecular formula is C14H22N4O3. The lowest BCUT2D eigenvalue weighted by Crippen LogP contribution is -2.61. The third-order valence-electron chi connectivity index (χ3n) is 4.68. The molecule has 3 N–H and O–H groups in total. The van der Waals surface area contributed by atoms with Gasteiger partial charge in [-0.05, 0) is 32.2 Å². The minimum atomic E-state index is -0.921. The highest BCUT2D eigenvalue weighted by Crippen LogP contribution is 2.25. The zero-order valence-electron chi connectivity index (χ0n) is 12.1. The molecule has 4 amide bonds. The summed E-state index contributed by atoms with van der Waals surface area (Å²) in [6.45, 7) is 1.80. The topological polar surface area (TPSA) is 90.5 Å². The van der Waals surface area contributed by atoms with E-state index in [4.69, 9.17) is 0 Å². The zero-order chi connectivity index (χ0) is 14.9. The highest BCUT2D eigenvalue weighted by molar-refractivity contribution is 6.07. The SMILES string of the molecule is O=C1NC(=O)C2(CCCN(C(=O)C3CCCCCN3)C2)N1. The molecule has 1 spiro atoms. The Morgan fingerprint density at radius 3 is 2.81 bits per heavy atom. The van der Waals surface area contributed by atoms with Crippen molar-refractivity contribution in [3.63, 3.8) is 0 Å². The number of hydrogen-bond acceptors (Lipinski definition) is 4. The Bertz CT molecular complexity index is 459. The third kappa shape index (κ3) is 2.74. The molecule has 7 heteroatoms. The second-order valence-electron chi connectivity index (χ2n) is 6.21. The van der Waals surface area contributed by atoms with Crippen LogP contribution < -0.4 is 16.0 Å². The molecule has 3 heterocycles. The van der Waals surface area contributed by atoms with E-state index in [1.165, 1.54) is 0 Å². The van der Waals surface area contributed by atoms with Gasteiger partial charge in [0.15, 0.2) is 0 Å². The zero-order valence-corrected chi connectivity index (χ0v) is 12.1. The lowest BCUT2D eigenvalue weighted by molar-refractivity contribution is -0.138. The minimum Gasteiger partial charge on any atom is -0.338 e. The largest absolute Gasteiger partial charge is 0.338 e. The first-order valence-corrected chi connectivity index (χ1v) is 7.76. The van der Waals surface area contributed by atoms with Crippen molar-refractivity contribution in [3.8, 4) is 0 Å². The summed E-state index contributed by atoms with van der Waals surface area (Å²) < 4.78 is 0. The van der Waals surface area contributed by atoms with Gasteiger partial charge in [-0.3, -0.25) is 14.9 Å². The van der Waals surface area contributed by atoms with E-state index in [0.717, 1.165) is 38.6 Å².